The van der Waals surface area contributed by atoms with Crippen LogP contribution in [-0.4, -0.2) is 30.7 Å². The fourth-order valence-electron chi connectivity index (χ4n) is 1.28. The lowest BCUT2D eigenvalue weighted by Gasteiger charge is -2.10. The number of nitrogens with zero attached hydrogens (tertiary/aromatic N) is 1. The third kappa shape index (κ3) is 2.11. The molecule has 0 unspecified atom stereocenters. The van der Waals surface area contributed by atoms with Gasteiger partial charge in [-0.1, -0.05) is 0 Å². The van der Waals surface area contributed by atoms with Crippen molar-refractivity contribution in [2.45, 2.75) is 26.0 Å². The van der Waals surface area contributed by atoms with E-state index in [0.29, 0.717) is 5.69 Å². The third-order valence-electron chi connectivity index (χ3n) is 2.26. The highest BCUT2D eigenvalue weighted by molar-refractivity contribution is 7.90. The van der Waals surface area contributed by atoms with Gasteiger partial charge in [0, 0.05) is 11.9 Å². The first-order valence-corrected chi connectivity index (χ1v) is 6.32. The minimum atomic E-state index is -3.42. The second-order valence-electron chi connectivity index (χ2n) is 3.75. The molecule has 0 amide bonds. The van der Waals surface area contributed by atoms with Gasteiger partial charge in [0.1, 0.15) is 0 Å². The molecule has 16 heavy (non-hydrogen) atoms. The van der Waals surface area contributed by atoms with Gasteiger partial charge in [-0.3, -0.25) is 0 Å². The van der Waals surface area contributed by atoms with Gasteiger partial charge in [-0.15, -0.1) is 0 Å². The monoisotopic (exact) mass is 245 g/mol. The number of ether oxygens (including phenoxy) is 1. The zero-order chi connectivity index (χ0) is 12.5. The molecular formula is C10H15NO4S. The molecule has 0 aliphatic carbocycles. The zero-order valence-corrected chi connectivity index (χ0v) is 10.5. The average Bonchev–Trinajstić information content (AvgIpc) is 2.59. The Kier molecular flexibility index (Phi) is 3.42. The number of aromatic nitrogens is 1. The Morgan fingerprint density at radius 3 is 2.44 bits per heavy atom. The highest BCUT2D eigenvalue weighted by Crippen LogP contribution is 2.14. The smallest absolute Gasteiger partial charge is 0.339 e. The molecule has 0 aliphatic heterocycles. The van der Waals surface area contributed by atoms with Gasteiger partial charge in [-0.05, 0) is 26.8 Å². The van der Waals surface area contributed by atoms with Crippen LogP contribution in [-0.2, 0) is 14.8 Å². The van der Waals surface area contributed by atoms with Gasteiger partial charge in [0.15, 0.2) is 0 Å². The van der Waals surface area contributed by atoms with E-state index in [-0.39, 0.29) is 5.56 Å². The second kappa shape index (κ2) is 4.29. The minimum Gasteiger partial charge on any atom is -0.465 e. The Hall–Kier alpha value is -1.30. The van der Waals surface area contributed by atoms with Gasteiger partial charge in [0.2, 0.25) is 10.0 Å². The Morgan fingerprint density at radius 1 is 1.44 bits per heavy atom. The number of rotatable bonds is 3. The number of esters is 1. The van der Waals surface area contributed by atoms with Crippen LogP contribution < -0.4 is 0 Å². The van der Waals surface area contributed by atoms with Crippen molar-refractivity contribution < 1.29 is 17.9 Å². The van der Waals surface area contributed by atoms with Crippen molar-refractivity contribution in [1.29, 1.82) is 0 Å². The van der Waals surface area contributed by atoms with Crippen molar-refractivity contribution >= 4 is 16.0 Å². The normalized spacial score (nSPS) is 11.8. The summed E-state index contributed by atoms with van der Waals surface area (Å²) in [5.74, 6) is -0.541. The van der Waals surface area contributed by atoms with Crippen LogP contribution in [0.1, 0.15) is 29.9 Å². The summed E-state index contributed by atoms with van der Waals surface area (Å²) in [5, 5.41) is -0.538. The lowest BCUT2D eigenvalue weighted by molar-refractivity contribution is 0.0601. The molecule has 1 aromatic heterocycles. The number of aryl methyl sites for hydroxylation is 1. The van der Waals surface area contributed by atoms with Crippen molar-refractivity contribution in [3.05, 3.63) is 23.5 Å². The summed E-state index contributed by atoms with van der Waals surface area (Å²) in [6.45, 7) is 4.81. The molecular weight excluding hydrogens is 230 g/mol. The maximum atomic E-state index is 11.9. The summed E-state index contributed by atoms with van der Waals surface area (Å²) in [6, 6.07) is 1.49. The molecule has 0 saturated carbocycles. The number of methoxy groups -OCH3 is 1. The molecule has 1 aromatic rings. The van der Waals surface area contributed by atoms with Crippen LogP contribution in [0.15, 0.2) is 12.3 Å². The van der Waals surface area contributed by atoms with Gasteiger partial charge in [-0.2, -0.15) is 0 Å². The molecule has 0 saturated heterocycles. The quantitative estimate of drug-likeness (QED) is 0.750. The van der Waals surface area contributed by atoms with Crippen LogP contribution in [0.25, 0.3) is 0 Å². The van der Waals surface area contributed by atoms with Crippen LogP contribution in [0.5, 0.6) is 0 Å². The van der Waals surface area contributed by atoms with Crippen LogP contribution in [0.3, 0.4) is 0 Å². The summed E-state index contributed by atoms with van der Waals surface area (Å²) in [6.07, 6.45) is 1.29. The molecule has 0 spiro atoms. The van der Waals surface area contributed by atoms with E-state index in [0.717, 1.165) is 3.97 Å². The van der Waals surface area contributed by atoms with Gasteiger partial charge < -0.3 is 4.74 Å². The Balaban J connectivity index is 3.28. The van der Waals surface area contributed by atoms with Gasteiger partial charge in [-0.25, -0.2) is 17.2 Å². The number of hydrogen-bond donors (Lipinski definition) is 0. The molecule has 0 bridgehead atoms. The minimum absolute atomic E-state index is 0.240. The molecule has 1 rings (SSSR count). The lowest BCUT2D eigenvalue weighted by atomic mass is 10.3. The largest absolute Gasteiger partial charge is 0.465 e. The van der Waals surface area contributed by atoms with E-state index < -0.39 is 21.2 Å². The van der Waals surface area contributed by atoms with Crippen LogP contribution >= 0.6 is 0 Å². The first-order chi connectivity index (χ1) is 7.30. The average molecular weight is 245 g/mol. The van der Waals surface area contributed by atoms with E-state index in [4.69, 9.17) is 0 Å². The Morgan fingerprint density at radius 2 is 2.00 bits per heavy atom. The molecule has 90 valence electrons. The van der Waals surface area contributed by atoms with Crippen LogP contribution in [0, 0.1) is 6.92 Å². The van der Waals surface area contributed by atoms with Gasteiger partial charge in [0.25, 0.3) is 0 Å². The van der Waals surface area contributed by atoms with Gasteiger partial charge in [0.05, 0.1) is 17.9 Å². The van der Waals surface area contributed by atoms with E-state index in [1.807, 2.05) is 0 Å². The summed E-state index contributed by atoms with van der Waals surface area (Å²) in [5.41, 5.74) is 0.735. The molecule has 0 atom stereocenters. The maximum absolute atomic E-state index is 11.9. The summed E-state index contributed by atoms with van der Waals surface area (Å²) >= 11 is 0. The van der Waals surface area contributed by atoms with Crippen molar-refractivity contribution in [3.8, 4) is 0 Å². The van der Waals surface area contributed by atoms with E-state index in [1.54, 1.807) is 20.8 Å². The fraction of sp³-hybridized carbons (Fsp3) is 0.500. The summed E-state index contributed by atoms with van der Waals surface area (Å²) in [7, 11) is -2.16. The molecule has 5 nitrogen and oxygen atoms in total. The van der Waals surface area contributed by atoms with E-state index in [2.05, 4.69) is 4.74 Å². The van der Waals surface area contributed by atoms with E-state index >= 15 is 0 Å². The first kappa shape index (κ1) is 12.8. The van der Waals surface area contributed by atoms with Crippen molar-refractivity contribution in [1.82, 2.24) is 3.97 Å². The number of hydrogen-bond acceptors (Lipinski definition) is 4. The second-order valence-corrected chi connectivity index (χ2v) is 6.12. The predicted molar refractivity (Wildman–Crippen MR) is 60.0 cm³/mol. The fourth-order valence-corrected chi connectivity index (χ4v) is 2.45. The first-order valence-electron chi connectivity index (χ1n) is 4.82. The number of carbonyl (C=O) groups excluding carboxylic acids is 1. The molecule has 0 N–H and O–H groups in total. The highest BCUT2D eigenvalue weighted by Gasteiger charge is 2.22. The van der Waals surface area contributed by atoms with Gasteiger partial charge >= 0.3 is 5.97 Å². The van der Waals surface area contributed by atoms with Crippen LogP contribution in [0.2, 0.25) is 0 Å². The summed E-state index contributed by atoms with van der Waals surface area (Å²) in [4.78, 5) is 11.2. The van der Waals surface area contributed by atoms with Crippen molar-refractivity contribution in [2.75, 3.05) is 7.11 Å². The zero-order valence-electron chi connectivity index (χ0n) is 9.72. The molecule has 1 heterocycles. The topological polar surface area (TPSA) is 65.4 Å². The lowest BCUT2D eigenvalue weighted by Crippen LogP contribution is -2.22. The molecule has 0 radical (unpaired) electrons. The number of carbonyl (C=O) groups is 1. The van der Waals surface area contributed by atoms with Crippen molar-refractivity contribution in [3.63, 3.8) is 0 Å². The third-order valence-corrected chi connectivity index (χ3v) is 4.39. The Labute approximate surface area is 95.1 Å². The maximum Gasteiger partial charge on any atom is 0.339 e. The summed E-state index contributed by atoms with van der Waals surface area (Å²) < 4.78 is 29.4. The molecule has 0 aliphatic rings. The molecule has 6 heteroatoms. The predicted octanol–water partition coefficient (Wildman–Crippen LogP) is 1.17. The van der Waals surface area contributed by atoms with Crippen molar-refractivity contribution in [2.24, 2.45) is 0 Å². The van der Waals surface area contributed by atoms with E-state index in [1.165, 1.54) is 19.4 Å². The highest BCUT2D eigenvalue weighted by atomic mass is 32.2. The van der Waals surface area contributed by atoms with E-state index in [9.17, 15) is 13.2 Å². The SMILES string of the molecule is COC(=O)c1cc(C)n(S(=O)(=O)C(C)C)c1. The standard InChI is InChI=1S/C10H15NO4S/c1-7(2)16(13,14)11-6-9(5-8(11)3)10(12)15-4/h5-7H,1-4H3. The molecule has 0 fully saturated rings. The molecule has 0 aromatic carbocycles. The van der Waals surface area contributed by atoms with Crippen LogP contribution in [0.4, 0.5) is 0 Å². The Bertz CT molecular complexity index is 499.